The van der Waals surface area contributed by atoms with Crippen LogP contribution in [0, 0.1) is 0 Å². The number of primary amides is 1. The number of amides is 1. The van der Waals surface area contributed by atoms with Gasteiger partial charge in [-0.3, -0.25) is 4.79 Å². The van der Waals surface area contributed by atoms with Gasteiger partial charge >= 0.3 is 0 Å². The molecule has 0 aromatic carbocycles. The van der Waals surface area contributed by atoms with Gasteiger partial charge in [0, 0.05) is 19.6 Å². The summed E-state index contributed by atoms with van der Waals surface area (Å²) >= 11 is 0. The maximum Gasteiger partial charge on any atom is 0.217 e. The zero-order chi connectivity index (χ0) is 23.2. The van der Waals surface area contributed by atoms with E-state index in [1.54, 1.807) is 0 Å². The maximum absolute atomic E-state index is 9.87. The average molecular weight is 424 g/mol. The number of ether oxygens (including phenoxy) is 1. The number of carbonyl (C=O) groups is 1. The smallest absolute Gasteiger partial charge is 0.217 e. The van der Waals surface area contributed by atoms with Crippen molar-refractivity contribution in [3.8, 4) is 0 Å². The Morgan fingerprint density at radius 1 is 1.03 bits per heavy atom. The lowest BCUT2D eigenvalue weighted by atomic mass is 10.0. The normalized spacial score (nSPS) is 13.9. The Morgan fingerprint density at radius 2 is 1.73 bits per heavy atom. The van der Waals surface area contributed by atoms with Crippen molar-refractivity contribution in [2.75, 3.05) is 13.2 Å². The molecule has 0 saturated heterocycles. The first-order chi connectivity index (χ1) is 14.4. The van der Waals surface area contributed by atoms with Crippen molar-refractivity contribution in [2.24, 2.45) is 5.73 Å². The van der Waals surface area contributed by atoms with E-state index in [2.05, 4.69) is 51.2 Å². The van der Waals surface area contributed by atoms with Gasteiger partial charge in [-0.25, -0.2) is 0 Å². The van der Waals surface area contributed by atoms with Gasteiger partial charge in [0.05, 0.1) is 0 Å². The highest BCUT2D eigenvalue weighted by molar-refractivity contribution is 5.73. The molecular weight excluding hydrogens is 378 g/mol. The molecule has 0 aliphatic carbocycles. The Labute approximate surface area is 184 Å². The second kappa shape index (κ2) is 22.0. The third kappa shape index (κ3) is 19.6. The molecule has 0 radical (unpaired) electrons. The summed E-state index contributed by atoms with van der Waals surface area (Å²) in [6.45, 7) is 11.2. The highest BCUT2D eigenvalue weighted by Gasteiger charge is 2.03. The Kier molecular flexibility index (Phi) is 22.4. The largest absolute Gasteiger partial charge is 0.396 e. The predicted molar refractivity (Wildman–Crippen MR) is 127 cm³/mol. The van der Waals surface area contributed by atoms with Crippen LogP contribution in [0.4, 0.5) is 0 Å². The Hall–Kier alpha value is -1.69. The quantitative estimate of drug-likeness (QED) is 0.188. The standard InChI is InChI=1S/C21H36O2.C4H9NO2/c1-6-10-14-20(8-3)18(5)16-17-19(7-2)13-11-12-15-21(22)23-9-4;5-4(7)2-1-3-6/h6,10,14,16-17,21-22H,7-9,11-13,15H2,1-5H3;6H,1-3H2,(H2,5,7)/b10-6-,18-16+,19-17+,20-14+;. The molecule has 5 heteroatoms. The lowest BCUT2D eigenvalue weighted by Crippen LogP contribution is -2.11. The highest BCUT2D eigenvalue weighted by Crippen LogP contribution is 2.17. The molecule has 4 N–H and O–H groups in total. The van der Waals surface area contributed by atoms with Crippen molar-refractivity contribution in [3.63, 3.8) is 0 Å². The summed E-state index contributed by atoms with van der Waals surface area (Å²) in [5.41, 5.74) is 8.92. The fourth-order valence-electron chi connectivity index (χ4n) is 2.67. The van der Waals surface area contributed by atoms with Gasteiger partial charge in [0.1, 0.15) is 0 Å². The predicted octanol–water partition coefficient (Wildman–Crippen LogP) is 5.34. The first-order valence-electron chi connectivity index (χ1n) is 11.2. The summed E-state index contributed by atoms with van der Waals surface area (Å²) < 4.78 is 5.14. The van der Waals surface area contributed by atoms with Crippen LogP contribution in [0.25, 0.3) is 0 Å². The molecule has 0 bridgehead atoms. The fourth-order valence-corrected chi connectivity index (χ4v) is 2.67. The van der Waals surface area contributed by atoms with E-state index in [0.717, 1.165) is 38.5 Å². The van der Waals surface area contributed by atoms with Gasteiger partial charge in [0.25, 0.3) is 0 Å². The molecule has 5 nitrogen and oxygen atoms in total. The van der Waals surface area contributed by atoms with Crippen molar-refractivity contribution in [3.05, 3.63) is 47.1 Å². The molecule has 1 atom stereocenters. The van der Waals surface area contributed by atoms with Gasteiger partial charge in [-0.2, -0.15) is 0 Å². The molecule has 1 unspecified atom stereocenters. The van der Waals surface area contributed by atoms with Crippen molar-refractivity contribution in [1.82, 2.24) is 0 Å². The minimum Gasteiger partial charge on any atom is -0.396 e. The van der Waals surface area contributed by atoms with Gasteiger partial charge in [0.15, 0.2) is 6.29 Å². The zero-order valence-corrected chi connectivity index (χ0v) is 19.8. The summed E-state index contributed by atoms with van der Waals surface area (Å²) in [5.74, 6) is -0.353. The van der Waals surface area contributed by atoms with Crippen LogP contribution in [-0.4, -0.2) is 35.6 Å². The minimum absolute atomic E-state index is 0.0446. The van der Waals surface area contributed by atoms with E-state index in [9.17, 15) is 9.90 Å². The Balaban J connectivity index is 0. The lowest BCUT2D eigenvalue weighted by molar-refractivity contribution is -0.118. The van der Waals surface area contributed by atoms with Crippen molar-refractivity contribution in [1.29, 1.82) is 0 Å². The van der Waals surface area contributed by atoms with E-state index in [4.69, 9.17) is 15.6 Å². The molecule has 0 rings (SSSR count). The number of nitrogens with two attached hydrogens (primary N) is 1. The Morgan fingerprint density at radius 3 is 2.20 bits per heavy atom. The lowest BCUT2D eigenvalue weighted by Gasteiger charge is -2.10. The molecule has 0 aliphatic heterocycles. The molecular formula is C25H45NO4. The molecule has 174 valence electrons. The van der Waals surface area contributed by atoms with E-state index in [1.165, 1.54) is 16.7 Å². The number of hydrogen-bond acceptors (Lipinski definition) is 4. The fraction of sp³-hybridized carbons (Fsp3) is 0.640. The Bertz CT molecular complexity index is 547. The van der Waals surface area contributed by atoms with Crippen LogP contribution < -0.4 is 5.73 Å². The number of unbranched alkanes of at least 4 members (excludes halogenated alkanes) is 1. The van der Waals surface area contributed by atoms with Gasteiger partial charge < -0.3 is 20.7 Å². The van der Waals surface area contributed by atoms with Crippen LogP contribution in [0.3, 0.4) is 0 Å². The molecule has 0 spiro atoms. The van der Waals surface area contributed by atoms with Gasteiger partial charge in [-0.1, -0.05) is 49.8 Å². The zero-order valence-electron chi connectivity index (χ0n) is 19.8. The van der Waals surface area contributed by atoms with Crippen molar-refractivity contribution < 1.29 is 19.7 Å². The molecule has 0 aromatic heterocycles. The molecule has 0 heterocycles. The van der Waals surface area contributed by atoms with E-state index in [1.807, 2.05) is 13.8 Å². The van der Waals surface area contributed by atoms with Crippen LogP contribution in [-0.2, 0) is 9.53 Å². The third-order valence-corrected chi connectivity index (χ3v) is 4.54. The summed E-state index contributed by atoms with van der Waals surface area (Å²) in [5, 5.41) is 17.7. The van der Waals surface area contributed by atoms with E-state index >= 15 is 0 Å². The van der Waals surface area contributed by atoms with E-state index in [0.29, 0.717) is 13.0 Å². The molecule has 30 heavy (non-hydrogen) atoms. The van der Waals surface area contributed by atoms with Crippen molar-refractivity contribution in [2.45, 2.75) is 92.3 Å². The van der Waals surface area contributed by atoms with Gasteiger partial charge in [-0.15, -0.1) is 0 Å². The third-order valence-electron chi connectivity index (χ3n) is 4.54. The van der Waals surface area contributed by atoms with Gasteiger partial charge in [-0.05, 0) is 76.9 Å². The van der Waals surface area contributed by atoms with Gasteiger partial charge in [0.2, 0.25) is 5.91 Å². The second-order valence-corrected chi connectivity index (χ2v) is 7.05. The van der Waals surface area contributed by atoms with E-state index < -0.39 is 6.29 Å². The first-order valence-corrected chi connectivity index (χ1v) is 11.2. The molecule has 0 fully saturated rings. The maximum atomic E-state index is 9.87. The number of aliphatic hydroxyl groups excluding tert-OH is 2. The van der Waals surface area contributed by atoms with E-state index in [-0.39, 0.29) is 18.9 Å². The average Bonchev–Trinajstić information content (AvgIpc) is 2.72. The topological polar surface area (TPSA) is 92.8 Å². The number of allylic oxidation sites excluding steroid dienone is 8. The second-order valence-electron chi connectivity index (χ2n) is 7.05. The summed E-state index contributed by atoms with van der Waals surface area (Å²) in [6.07, 6.45) is 17.1. The SMILES string of the molecule is C\C=C/C=C(CC)/C(C)=C/C=C(\CC)CCCCC(O)OCC.NC(=O)CCCO. The molecule has 1 amide bonds. The monoisotopic (exact) mass is 423 g/mol. The number of carbonyl (C=O) groups excluding carboxylic acids is 1. The van der Waals surface area contributed by atoms with Crippen molar-refractivity contribution >= 4 is 5.91 Å². The highest BCUT2D eigenvalue weighted by atomic mass is 16.6. The van der Waals surface area contributed by atoms with Crippen LogP contribution in [0.5, 0.6) is 0 Å². The molecule has 0 saturated carbocycles. The summed E-state index contributed by atoms with van der Waals surface area (Å²) in [6, 6.07) is 0. The van der Waals surface area contributed by atoms with Crippen LogP contribution >= 0.6 is 0 Å². The molecule has 0 aromatic rings. The minimum atomic E-state index is -0.597. The number of hydrogen-bond donors (Lipinski definition) is 3. The van der Waals surface area contributed by atoms with Crippen LogP contribution in [0.2, 0.25) is 0 Å². The summed E-state index contributed by atoms with van der Waals surface area (Å²) in [4.78, 5) is 9.87. The first kappa shape index (κ1) is 30.5. The van der Waals surface area contributed by atoms with Crippen LogP contribution in [0.15, 0.2) is 47.1 Å². The number of rotatable bonds is 15. The van der Waals surface area contributed by atoms with Crippen LogP contribution in [0.1, 0.15) is 86.0 Å². The molecule has 0 aliphatic rings. The summed E-state index contributed by atoms with van der Waals surface area (Å²) in [7, 11) is 0. The number of aliphatic hydroxyl groups is 2.